The molecule has 1 unspecified atom stereocenters. The van der Waals surface area contributed by atoms with Crippen LogP contribution >= 0.6 is 0 Å². The second-order valence-electron chi connectivity index (χ2n) is 15.5. The van der Waals surface area contributed by atoms with Crippen LogP contribution in [0.1, 0.15) is 58.6 Å². The number of aliphatic imine (C=N–C) groups is 2. The van der Waals surface area contributed by atoms with E-state index in [1.165, 1.54) is 44.2 Å². The van der Waals surface area contributed by atoms with E-state index >= 15 is 0 Å². The van der Waals surface area contributed by atoms with Crippen molar-refractivity contribution in [1.29, 1.82) is 0 Å². The molecule has 276 valence electrons. The Morgan fingerprint density at radius 3 is 2.09 bits per heavy atom. The van der Waals surface area contributed by atoms with E-state index in [1.54, 1.807) is 0 Å². The van der Waals surface area contributed by atoms with E-state index in [1.807, 2.05) is 24.3 Å². The number of aryl methyl sites for hydroxylation is 1. The van der Waals surface area contributed by atoms with Crippen LogP contribution in [0, 0.1) is 0 Å². The Labute approximate surface area is 338 Å². The van der Waals surface area contributed by atoms with Gasteiger partial charge in [-0.15, -0.1) is 0 Å². The van der Waals surface area contributed by atoms with Crippen LogP contribution < -0.4 is 0 Å². The van der Waals surface area contributed by atoms with Gasteiger partial charge in [-0.05, 0) is 105 Å². The number of hydrogen-bond acceptors (Lipinski definition) is 3. The van der Waals surface area contributed by atoms with Gasteiger partial charge in [0.25, 0.3) is 0 Å². The molecule has 0 fully saturated rings. The van der Waals surface area contributed by atoms with Crippen molar-refractivity contribution in [3.8, 4) is 22.3 Å². The van der Waals surface area contributed by atoms with Gasteiger partial charge in [0.15, 0.2) is 5.84 Å². The van der Waals surface area contributed by atoms with E-state index in [0.717, 1.165) is 81.3 Å². The van der Waals surface area contributed by atoms with Gasteiger partial charge < -0.3 is 4.42 Å². The summed E-state index contributed by atoms with van der Waals surface area (Å²) in [4.78, 5) is 10.6. The zero-order valence-electron chi connectivity index (χ0n) is 32.1. The fourth-order valence-electron chi connectivity index (χ4n) is 9.27. The number of allylic oxidation sites excluding steroid dienone is 1. The summed E-state index contributed by atoms with van der Waals surface area (Å²) in [6.07, 6.45) is 6.01. The molecule has 1 aliphatic carbocycles. The summed E-state index contributed by atoms with van der Waals surface area (Å²) in [5.41, 5.74) is 16.1. The van der Waals surface area contributed by atoms with Crippen molar-refractivity contribution in [3.05, 3.63) is 221 Å². The number of benzene rings is 8. The predicted octanol–water partition coefficient (Wildman–Crippen LogP) is 14.2. The van der Waals surface area contributed by atoms with E-state index in [9.17, 15) is 0 Å². The zero-order valence-corrected chi connectivity index (χ0v) is 32.1. The molecule has 3 nitrogen and oxygen atoms in total. The summed E-state index contributed by atoms with van der Waals surface area (Å²) in [6.45, 7) is 0. The minimum atomic E-state index is 0.289. The smallest absolute Gasteiger partial charge is 0.160 e. The average molecular weight is 745 g/mol. The van der Waals surface area contributed by atoms with Crippen molar-refractivity contribution >= 4 is 50.0 Å². The van der Waals surface area contributed by atoms with E-state index in [0.29, 0.717) is 5.84 Å². The Kier molecular flexibility index (Phi) is 8.51. The van der Waals surface area contributed by atoms with Crippen LogP contribution in [0.2, 0.25) is 0 Å². The largest absolute Gasteiger partial charge is 0.456 e. The molecule has 0 N–H and O–H groups in total. The number of amidine groups is 1. The van der Waals surface area contributed by atoms with E-state index in [4.69, 9.17) is 14.4 Å². The van der Waals surface area contributed by atoms with E-state index in [-0.39, 0.29) is 5.92 Å². The maximum Gasteiger partial charge on any atom is 0.160 e. The Bertz CT molecular complexity index is 3110. The Balaban J connectivity index is 1.05. The van der Waals surface area contributed by atoms with Crippen LogP contribution in [0.25, 0.3) is 60.7 Å². The fourth-order valence-corrected chi connectivity index (χ4v) is 9.27. The van der Waals surface area contributed by atoms with Gasteiger partial charge in [0.1, 0.15) is 11.2 Å². The summed E-state index contributed by atoms with van der Waals surface area (Å²) in [7, 11) is 0. The summed E-state index contributed by atoms with van der Waals surface area (Å²) < 4.78 is 6.57. The molecular formula is C55H40N2O. The Hall–Kier alpha value is -7.10. The standard InChI is InChI=1S/C55H40N2O/c1-3-16-38(17-4-1)50-25-13-26-51(57-55(56-50)39-18-5-2-6-19-39)47-24-12-27-53-54(47)49-35-41(30-33-52(49)58-53)40-29-32-46-45(44-23-11-20-36-14-7-9-21-42(36)44)31-28-37-15-8-10-22-43(37)48(46)34-40/h1-12,14-24,26-27,29-30,32-35,45H,13,25,28,31H2/b51-26-,56-50+,57-55-. The summed E-state index contributed by atoms with van der Waals surface area (Å²) in [5.74, 6) is 1.000. The number of furan rings is 1. The number of rotatable bonds is 5. The zero-order chi connectivity index (χ0) is 38.4. The molecule has 1 aromatic heterocycles. The molecule has 0 spiro atoms. The molecule has 1 atom stereocenters. The van der Waals surface area contributed by atoms with Crippen molar-refractivity contribution in [2.45, 2.75) is 31.6 Å². The number of fused-ring (bicyclic) bond motifs is 7. The molecule has 11 rings (SSSR count). The van der Waals surface area contributed by atoms with Gasteiger partial charge >= 0.3 is 0 Å². The first-order chi connectivity index (χ1) is 28.7. The van der Waals surface area contributed by atoms with Crippen LogP contribution in [-0.4, -0.2) is 11.5 Å². The summed E-state index contributed by atoms with van der Waals surface area (Å²) in [5, 5.41) is 4.79. The minimum Gasteiger partial charge on any atom is -0.456 e. The first kappa shape index (κ1) is 34.2. The molecule has 1 aliphatic heterocycles. The molecule has 0 bridgehead atoms. The third-order valence-electron chi connectivity index (χ3n) is 12.1. The van der Waals surface area contributed by atoms with Crippen molar-refractivity contribution < 1.29 is 4.42 Å². The van der Waals surface area contributed by atoms with Crippen LogP contribution in [-0.2, 0) is 6.42 Å². The second kappa shape index (κ2) is 14.4. The molecule has 0 saturated heterocycles. The van der Waals surface area contributed by atoms with Gasteiger partial charge in [-0.2, -0.15) is 0 Å². The third-order valence-corrected chi connectivity index (χ3v) is 12.1. The van der Waals surface area contributed by atoms with Gasteiger partial charge in [-0.3, -0.25) is 0 Å². The van der Waals surface area contributed by atoms with Crippen molar-refractivity contribution in [2.75, 3.05) is 0 Å². The Morgan fingerprint density at radius 1 is 0.466 bits per heavy atom. The highest BCUT2D eigenvalue weighted by Gasteiger charge is 2.26. The first-order valence-electron chi connectivity index (χ1n) is 20.4. The summed E-state index contributed by atoms with van der Waals surface area (Å²) in [6, 6.07) is 65.5. The monoisotopic (exact) mass is 744 g/mol. The molecule has 0 saturated carbocycles. The molecule has 2 heterocycles. The van der Waals surface area contributed by atoms with Gasteiger partial charge in [0, 0.05) is 27.8 Å². The normalized spacial score (nSPS) is 18.1. The molecule has 2 aliphatic rings. The van der Waals surface area contributed by atoms with Crippen LogP contribution in [0.4, 0.5) is 0 Å². The maximum absolute atomic E-state index is 6.57. The minimum absolute atomic E-state index is 0.289. The molecule has 58 heavy (non-hydrogen) atoms. The highest BCUT2D eigenvalue weighted by atomic mass is 16.3. The SMILES string of the molecule is C1=C(c2cccc3oc4ccc(-c5ccc6c(c5)-c5ccccc5CCC6c5cccc6ccccc56)cc4c23)/N=C(c2ccccc2)\N=C(\c2ccccc2)CC\1. The molecule has 8 aromatic carbocycles. The molecule has 3 heteroatoms. The maximum atomic E-state index is 6.57. The van der Waals surface area contributed by atoms with Crippen molar-refractivity contribution in [3.63, 3.8) is 0 Å². The van der Waals surface area contributed by atoms with Crippen LogP contribution in [0.5, 0.6) is 0 Å². The third kappa shape index (κ3) is 6.07. The second-order valence-corrected chi connectivity index (χ2v) is 15.5. The highest BCUT2D eigenvalue weighted by molar-refractivity contribution is 6.16. The number of hydrogen-bond donors (Lipinski definition) is 0. The van der Waals surface area contributed by atoms with E-state index < -0.39 is 0 Å². The van der Waals surface area contributed by atoms with Gasteiger partial charge in [0.2, 0.25) is 0 Å². The lowest BCUT2D eigenvalue weighted by molar-refractivity contribution is 0.669. The number of nitrogens with zero attached hydrogens (tertiary/aromatic N) is 2. The molecule has 0 amide bonds. The van der Waals surface area contributed by atoms with Crippen molar-refractivity contribution in [2.24, 2.45) is 9.98 Å². The predicted molar refractivity (Wildman–Crippen MR) is 242 cm³/mol. The lowest BCUT2D eigenvalue weighted by atomic mass is 9.82. The van der Waals surface area contributed by atoms with Gasteiger partial charge in [-0.1, -0.05) is 164 Å². The first-order valence-corrected chi connectivity index (χ1v) is 20.4. The molecular weight excluding hydrogens is 705 g/mol. The topological polar surface area (TPSA) is 37.9 Å². The lowest BCUT2D eigenvalue weighted by Gasteiger charge is -2.21. The lowest BCUT2D eigenvalue weighted by Crippen LogP contribution is -2.09. The van der Waals surface area contributed by atoms with Crippen LogP contribution in [0.3, 0.4) is 0 Å². The summed E-state index contributed by atoms with van der Waals surface area (Å²) >= 11 is 0. The van der Waals surface area contributed by atoms with Gasteiger partial charge in [-0.25, -0.2) is 9.98 Å². The molecule has 0 radical (unpaired) electrons. The molecule has 9 aromatic rings. The van der Waals surface area contributed by atoms with Crippen molar-refractivity contribution in [1.82, 2.24) is 0 Å². The quantitative estimate of drug-likeness (QED) is 0.173. The average Bonchev–Trinajstić information content (AvgIpc) is 3.57. The van der Waals surface area contributed by atoms with E-state index in [2.05, 4.69) is 164 Å². The fraction of sp³-hybridized carbons (Fsp3) is 0.0909. The highest BCUT2D eigenvalue weighted by Crippen LogP contribution is 2.45. The van der Waals surface area contributed by atoms with Crippen LogP contribution in [0.15, 0.2) is 202 Å². The Morgan fingerprint density at radius 2 is 1.19 bits per heavy atom. The van der Waals surface area contributed by atoms with Gasteiger partial charge in [0.05, 0.1) is 11.4 Å².